The second kappa shape index (κ2) is 8.31. The molecule has 142 valence electrons. The van der Waals surface area contributed by atoms with Crippen LogP contribution in [0.25, 0.3) is 0 Å². The monoisotopic (exact) mass is 362 g/mol. The van der Waals surface area contributed by atoms with Crippen LogP contribution in [-0.2, 0) is 30.4 Å². The molecule has 7 nitrogen and oxygen atoms in total. The summed E-state index contributed by atoms with van der Waals surface area (Å²) >= 11 is 0. The second-order valence-electron chi connectivity index (χ2n) is 7.28. The molecule has 2 atom stereocenters. The standard InChI is InChI=1S/C19H26N2O5/c1-13(18(24)26-19(2,3)4)21-17(23)15(10-11-25-21)20-16(22)12-14-8-6-5-7-9-14/h5-9,13,15H,10-12H2,1-4H3,(H,20,22). The molecular weight excluding hydrogens is 336 g/mol. The lowest BCUT2D eigenvalue weighted by Crippen LogP contribution is -2.57. The van der Waals surface area contributed by atoms with Crippen LogP contribution in [0.1, 0.15) is 39.7 Å². The van der Waals surface area contributed by atoms with Crippen LogP contribution in [0.3, 0.4) is 0 Å². The van der Waals surface area contributed by atoms with Gasteiger partial charge in [0, 0.05) is 6.42 Å². The minimum atomic E-state index is -0.893. The predicted molar refractivity (Wildman–Crippen MR) is 94.8 cm³/mol. The number of nitrogens with zero attached hydrogens (tertiary/aromatic N) is 1. The number of ether oxygens (including phenoxy) is 1. The van der Waals surface area contributed by atoms with E-state index in [0.717, 1.165) is 10.6 Å². The minimum absolute atomic E-state index is 0.188. The van der Waals surface area contributed by atoms with Crippen molar-refractivity contribution >= 4 is 17.8 Å². The Kier molecular flexibility index (Phi) is 6.37. The smallest absolute Gasteiger partial charge is 0.331 e. The minimum Gasteiger partial charge on any atom is -0.458 e. The summed E-state index contributed by atoms with van der Waals surface area (Å²) in [6.45, 7) is 7.03. The van der Waals surface area contributed by atoms with Gasteiger partial charge in [0.25, 0.3) is 5.91 Å². The fraction of sp³-hybridized carbons (Fsp3) is 0.526. The average molecular weight is 362 g/mol. The second-order valence-corrected chi connectivity index (χ2v) is 7.28. The lowest BCUT2D eigenvalue weighted by Gasteiger charge is -2.35. The van der Waals surface area contributed by atoms with E-state index in [1.165, 1.54) is 0 Å². The van der Waals surface area contributed by atoms with Gasteiger partial charge in [0.15, 0.2) is 6.04 Å². The van der Waals surface area contributed by atoms with E-state index >= 15 is 0 Å². The van der Waals surface area contributed by atoms with Crippen LogP contribution in [0.4, 0.5) is 0 Å². The van der Waals surface area contributed by atoms with E-state index in [0.29, 0.717) is 6.42 Å². The molecule has 0 bridgehead atoms. The first-order chi connectivity index (χ1) is 12.2. The molecule has 26 heavy (non-hydrogen) atoms. The maximum Gasteiger partial charge on any atom is 0.331 e. The number of carbonyl (C=O) groups is 3. The summed E-state index contributed by atoms with van der Waals surface area (Å²) in [5.74, 6) is -1.25. The third kappa shape index (κ3) is 5.56. The Morgan fingerprint density at radius 1 is 1.31 bits per heavy atom. The van der Waals surface area contributed by atoms with Gasteiger partial charge < -0.3 is 10.1 Å². The number of esters is 1. The maximum absolute atomic E-state index is 12.6. The number of hydrogen-bond donors (Lipinski definition) is 1. The van der Waals surface area contributed by atoms with Crippen molar-refractivity contribution in [1.82, 2.24) is 10.4 Å². The molecule has 0 spiro atoms. The molecule has 2 unspecified atom stereocenters. The van der Waals surface area contributed by atoms with Crippen LogP contribution >= 0.6 is 0 Å². The van der Waals surface area contributed by atoms with Crippen LogP contribution in [-0.4, -0.2) is 47.1 Å². The number of hydrogen-bond acceptors (Lipinski definition) is 5. The summed E-state index contributed by atoms with van der Waals surface area (Å²) in [5, 5.41) is 3.73. The quantitative estimate of drug-likeness (QED) is 0.805. The molecule has 1 saturated heterocycles. The van der Waals surface area contributed by atoms with Crippen molar-refractivity contribution in [3.05, 3.63) is 35.9 Å². The van der Waals surface area contributed by atoms with Gasteiger partial charge in [-0.1, -0.05) is 30.3 Å². The molecule has 1 heterocycles. The summed E-state index contributed by atoms with van der Waals surface area (Å²) in [4.78, 5) is 42.4. The molecule has 1 fully saturated rings. The lowest BCUT2D eigenvalue weighted by molar-refractivity contribution is -0.222. The molecule has 1 aliphatic heterocycles. The Balaban J connectivity index is 1.96. The van der Waals surface area contributed by atoms with Crippen LogP contribution < -0.4 is 5.32 Å². The van der Waals surface area contributed by atoms with Crippen molar-refractivity contribution < 1.29 is 24.0 Å². The highest BCUT2D eigenvalue weighted by molar-refractivity contribution is 5.90. The van der Waals surface area contributed by atoms with Gasteiger partial charge in [-0.3, -0.25) is 14.4 Å². The Hall–Kier alpha value is -2.41. The van der Waals surface area contributed by atoms with Gasteiger partial charge in [-0.2, -0.15) is 0 Å². The molecule has 1 aliphatic rings. The van der Waals surface area contributed by atoms with Gasteiger partial charge in [-0.05, 0) is 33.3 Å². The number of benzene rings is 1. The topological polar surface area (TPSA) is 84.9 Å². The molecule has 0 aromatic heterocycles. The van der Waals surface area contributed by atoms with Crippen LogP contribution in [0, 0.1) is 0 Å². The highest BCUT2D eigenvalue weighted by atomic mass is 16.7. The van der Waals surface area contributed by atoms with Crippen molar-refractivity contribution in [1.29, 1.82) is 0 Å². The SMILES string of the molecule is CC(C(=O)OC(C)(C)C)N1OCCC(NC(=O)Cc2ccccc2)C1=O. The fourth-order valence-corrected chi connectivity index (χ4v) is 2.56. The zero-order valence-corrected chi connectivity index (χ0v) is 15.7. The molecule has 1 aromatic carbocycles. The molecule has 0 aliphatic carbocycles. The number of nitrogens with one attached hydrogen (secondary N) is 1. The first-order valence-corrected chi connectivity index (χ1v) is 8.69. The summed E-state index contributed by atoms with van der Waals surface area (Å²) in [6, 6.07) is 7.67. The predicted octanol–water partition coefficient (Wildman–Crippen LogP) is 1.61. The summed E-state index contributed by atoms with van der Waals surface area (Å²) < 4.78 is 5.30. The van der Waals surface area contributed by atoms with E-state index < -0.39 is 29.6 Å². The molecule has 2 amide bonds. The molecule has 1 N–H and O–H groups in total. The molecule has 0 saturated carbocycles. The number of carbonyl (C=O) groups excluding carboxylic acids is 3. The van der Waals surface area contributed by atoms with Crippen molar-refractivity contribution in [2.75, 3.05) is 6.61 Å². The van der Waals surface area contributed by atoms with Crippen molar-refractivity contribution in [3.8, 4) is 0 Å². The van der Waals surface area contributed by atoms with Crippen LogP contribution in [0.15, 0.2) is 30.3 Å². The van der Waals surface area contributed by atoms with Gasteiger partial charge in [-0.25, -0.2) is 9.86 Å². The van der Waals surface area contributed by atoms with E-state index in [4.69, 9.17) is 9.57 Å². The van der Waals surface area contributed by atoms with Gasteiger partial charge in [0.2, 0.25) is 5.91 Å². The highest BCUT2D eigenvalue weighted by Gasteiger charge is 2.38. The van der Waals surface area contributed by atoms with E-state index in [1.54, 1.807) is 27.7 Å². The van der Waals surface area contributed by atoms with E-state index in [2.05, 4.69) is 5.32 Å². The summed E-state index contributed by atoms with van der Waals surface area (Å²) in [5.41, 5.74) is 0.205. The zero-order valence-electron chi connectivity index (χ0n) is 15.7. The van der Waals surface area contributed by atoms with E-state index in [1.807, 2.05) is 30.3 Å². The molecule has 0 radical (unpaired) electrons. The van der Waals surface area contributed by atoms with Crippen molar-refractivity contribution in [3.63, 3.8) is 0 Å². The third-order valence-corrected chi connectivity index (χ3v) is 3.79. The first-order valence-electron chi connectivity index (χ1n) is 8.69. The van der Waals surface area contributed by atoms with Crippen LogP contribution in [0.5, 0.6) is 0 Å². The number of hydroxylamine groups is 2. The third-order valence-electron chi connectivity index (χ3n) is 3.79. The molecule has 2 rings (SSSR count). The average Bonchev–Trinajstić information content (AvgIpc) is 2.55. The largest absolute Gasteiger partial charge is 0.458 e. The van der Waals surface area contributed by atoms with Gasteiger partial charge in [-0.15, -0.1) is 0 Å². The van der Waals surface area contributed by atoms with Crippen molar-refractivity contribution in [2.24, 2.45) is 0 Å². The molecule has 1 aromatic rings. The van der Waals surface area contributed by atoms with Gasteiger partial charge in [0.1, 0.15) is 11.6 Å². The normalized spacial score (nSPS) is 19.0. The summed E-state index contributed by atoms with van der Waals surface area (Å²) in [7, 11) is 0. The number of amides is 2. The van der Waals surface area contributed by atoms with Crippen molar-refractivity contribution in [2.45, 2.75) is 58.2 Å². The highest BCUT2D eigenvalue weighted by Crippen LogP contribution is 2.17. The van der Waals surface area contributed by atoms with E-state index in [-0.39, 0.29) is 18.9 Å². The maximum atomic E-state index is 12.6. The molecule has 7 heteroatoms. The summed E-state index contributed by atoms with van der Waals surface area (Å²) in [6.07, 6.45) is 0.546. The molecular formula is C19H26N2O5. The Labute approximate surface area is 153 Å². The van der Waals surface area contributed by atoms with E-state index in [9.17, 15) is 14.4 Å². The van der Waals surface area contributed by atoms with Crippen LogP contribution in [0.2, 0.25) is 0 Å². The Morgan fingerprint density at radius 2 is 1.96 bits per heavy atom. The number of rotatable bonds is 5. The van der Waals surface area contributed by atoms with Gasteiger partial charge >= 0.3 is 5.97 Å². The fourth-order valence-electron chi connectivity index (χ4n) is 2.56. The zero-order chi connectivity index (χ0) is 19.3. The first kappa shape index (κ1) is 19.9. The lowest BCUT2D eigenvalue weighted by atomic mass is 10.1. The Bertz CT molecular complexity index is 654. The van der Waals surface area contributed by atoms with Gasteiger partial charge in [0.05, 0.1) is 13.0 Å². The Morgan fingerprint density at radius 3 is 2.58 bits per heavy atom.